The molecule has 0 bridgehead atoms. The quantitative estimate of drug-likeness (QED) is 0.565. The third-order valence-electron chi connectivity index (χ3n) is 5.81. The molecule has 2 saturated heterocycles. The molecule has 3 aromatic rings. The molecule has 0 saturated carbocycles. The summed E-state index contributed by atoms with van der Waals surface area (Å²) in [6.45, 7) is 0.710. The molecule has 1 aromatic heterocycles. The molecule has 0 radical (unpaired) electrons. The standard InChI is InChI=1S/C25H22N2O4/c28-24-23(27-22(17-31-25(27)29)19-10-5-2-6-11-19)21(14-13-20-12-7-15-30-20)26(24)16-18-8-3-1-4-9-18/h1-15,21-23H,16-17H2/t21?,22-,23?/m1/s1. The van der Waals surface area contributed by atoms with Crippen LogP contribution in [0, 0.1) is 0 Å². The number of nitrogens with zero attached hydrogens (tertiary/aromatic N) is 2. The van der Waals surface area contributed by atoms with E-state index in [-0.39, 0.29) is 24.6 Å². The Morgan fingerprint density at radius 3 is 2.39 bits per heavy atom. The molecule has 6 heteroatoms. The number of rotatable bonds is 6. The predicted octanol–water partition coefficient (Wildman–Crippen LogP) is 4.27. The SMILES string of the molecule is O=C1C(N2C(=O)OC[C@@H]2c2ccccc2)C(C=Cc2ccco2)N1Cc1ccccc1. The van der Waals surface area contributed by atoms with E-state index in [0.29, 0.717) is 12.3 Å². The van der Waals surface area contributed by atoms with E-state index >= 15 is 0 Å². The number of carbonyl (C=O) groups is 2. The Balaban J connectivity index is 1.45. The molecule has 0 N–H and O–H groups in total. The second kappa shape index (κ2) is 8.14. The van der Waals surface area contributed by atoms with Gasteiger partial charge >= 0.3 is 6.09 Å². The summed E-state index contributed by atoms with van der Waals surface area (Å²) in [5.74, 6) is 0.610. The number of β-lactam (4-membered cyclic amide) rings is 1. The van der Waals surface area contributed by atoms with Gasteiger partial charge in [-0.05, 0) is 29.3 Å². The van der Waals surface area contributed by atoms with Gasteiger partial charge in [-0.15, -0.1) is 0 Å². The van der Waals surface area contributed by atoms with Crippen molar-refractivity contribution in [1.29, 1.82) is 0 Å². The highest BCUT2D eigenvalue weighted by Gasteiger charge is 2.55. The van der Waals surface area contributed by atoms with Crippen LogP contribution >= 0.6 is 0 Å². The lowest BCUT2D eigenvalue weighted by molar-refractivity contribution is -0.155. The summed E-state index contributed by atoms with van der Waals surface area (Å²) in [4.78, 5) is 29.3. The maximum atomic E-state index is 13.3. The average molecular weight is 414 g/mol. The zero-order chi connectivity index (χ0) is 21.2. The third kappa shape index (κ3) is 3.61. The van der Waals surface area contributed by atoms with Crippen molar-refractivity contribution in [3.8, 4) is 0 Å². The first-order chi connectivity index (χ1) is 15.2. The Labute approximate surface area is 180 Å². The average Bonchev–Trinajstić information content (AvgIpc) is 3.46. The number of benzene rings is 2. The fourth-order valence-corrected chi connectivity index (χ4v) is 4.26. The zero-order valence-electron chi connectivity index (χ0n) is 16.8. The van der Waals surface area contributed by atoms with Crippen LogP contribution in [0.1, 0.15) is 22.9 Å². The molecule has 0 aliphatic carbocycles. The van der Waals surface area contributed by atoms with Gasteiger partial charge in [-0.2, -0.15) is 0 Å². The van der Waals surface area contributed by atoms with Crippen molar-refractivity contribution >= 4 is 18.1 Å². The molecule has 6 nitrogen and oxygen atoms in total. The molecular weight excluding hydrogens is 392 g/mol. The number of furan rings is 1. The minimum Gasteiger partial charge on any atom is -0.465 e. The number of cyclic esters (lactones) is 1. The number of ether oxygens (including phenoxy) is 1. The first-order valence-electron chi connectivity index (χ1n) is 10.3. The highest BCUT2D eigenvalue weighted by Crippen LogP contribution is 2.37. The molecule has 3 atom stereocenters. The molecule has 156 valence electrons. The molecule has 2 aromatic carbocycles. The smallest absolute Gasteiger partial charge is 0.411 e. The van der Waals surface area contributed by atoms with Crippen LogP contribution < -0.4 is 0 Å². The molecule has 2 amide bonds. The van der Waals surface area contributed by atoms with E-state index in [9.17, 15) is 9.59 Å². The Bertz CT molecular complexity index is 1080. The lowest BCUT2D eigenvalue weighted by Crippen LogP contribution is -2.69. The lowest BCUT2D eigenvalue weighted by Gasteiger charge is -2.49. The molecular formula is C25H22N2O4. The van der Waals surface area contributed by atoms with Crippen molar-refractivity contribution in [2.75, 3.05) is 6.61 Å². The summed E-state index contributed by atoms with van der Waals surface area (Å²) in [6.07, 6.45) is 4.93. The summed E-state index contributed by atoms with van der Waals surface area (Å²) in [5.41, 5.74) is 1.99. The highest BCUT2D eigenvalue weighted by molar-refractivity contribution is 5.94. The van der Waals surface area contributed by atoms with Crippen LogP contribution in [0.5, 0.6) is 0 Å². The summed E-state index contributed by atoms with van der Waals surface area (Å²) < 4.78 is 10.8. The minimum absolute atomic E-state index is 0.0854. The van der Waals surface area contributed by atoms with Gasteiger partial charge in [-0.3, -0.25) is 9.69 Å². The largest absolute Gasteiger partial charge is 0.465 e. The second-order valence-corrected chi connectivity index (χ2v) is 7.67. The van der Waals surface area contributed by atoms with Crippen LogP contribution in [0.2, 0.25) is 0 Å². The number of hydrogen-bond acceptors (Lipinski definition) is 4. The Morgan fingerprint density at radius 1 is 0.935 bits per heavy atom. The van der Waals surface area contributed by atoms with Crippen LogP contribution in [0.3, 0.4) is 0 Å². The molecule has 2 unspecified atom stereocenters. The predicted molar refractivity (Wildman–Crippen MR) is 115 cm³/mol. The monoisotopic (exact) mass is 414 g/mol. The number of amides is 2. The molecule has 0 spiro atoms. The molecule has 5 rings (SSSR count). The fraction of sp³-hybridized carbons (Fsp3) is 0.200. The molecule has 2 fully saturated rings. The van der Waals surface area contributed by atoms with Gasteiger partial charge in [-0.25, -0.2) is 4.79 Å². The molecule has 3 heterocycles. The van der Waals surface area contributed by atoms with Gasteiger partial charge in [0.25, 0.3) is 0 Å². The van der Waals surface area contributed by atoms with Crippen molar-refractivity contribution in [2.45, 2.75) is 24.7 Å². The molecule has 2 aliphatic heterocycles. The number of likely N-dealkylation sites (tertiary alicyclic amines) is 1. The third-order valence-corrected chi connectivity index (χ3v) is 5.81. The van der Waals surface area contributed by atoms with E-state index in [4.69, 9.17) is 9.15 Å². The van der Waals surface area contributed by atoms with E-state index in [1.165, 1.54) is 0 Å². The van der Waals surface area contributed by atoms with Crippen LogP contribution in [0.15, 0.2) is 89.6 Å². The van der Waals surface area contributed by atoms with Crippen molar-refractivity contribution < 1.29 is 18.7 Å². The zero-order valence-corrected chi connectivity index (χ0v) is 16.8. The molecule has 31 heavy (non-hydrogen) atoms. The van der Waals surface area contributed by atoms with E-state index in [0.717, 1.165) is 11.1 Å². The maximum Gasteiger partial charge on any atom is 0.411 e. The summed E-state index contributed by atoms with van der Waals surface area (Å²) >= 11 is 0. The maximum absolute atomic E-state index is 13.3. The van der Waals surface area contributed by atoms with Crippen molar-refractivity contribution in [1.82, 2.24) is 9.80 Å². The Kier molecular flexibility index (Phi) is 5.04. The first-order valence-corrected chi connectivity index (χ1v) is 10.3. The van der Waals surface area contributed by atoms with Crippen molar-refractivity contribution in [3.63, 3.8) is 0 Å². The Hall–Kier alpha value is -3.80. The lowest BCUT2D eigenvalue weighted by atomic mass is 9.90. The van der Waals surface area contributed by atoms with Crippen LogP contribution in [0.25, 0.3) is 6.08 Å². The highest BCUT2D eigenvalue weighted by atomic mass is 16.6. The summed E-state index contributed by atoms with van der Waals surface area (Å²) in [7, 11) is 0. The van der Waals surface area contributed by atoms with Crippen molar-refractivity contribution in [2.24, 2.45) is 0 Å². The normalized spacial score (nSPS) is 23.3. The van der Waals surface area contributed by atoms with E-state index < -0.39 is 12.1 Å². The number of carbonyl (C=O) groups excluding carboxylic acids is 2. The van der Waals surface area contributed by atoms with Crippen LogP contribution in [-0.4, -0.2) is 40.5 Å². The van der Waals surface area contributed by atoms with E-state index in [1.807, 2.05) is 84.9 Å². The van der Waals surface area contributed by atoms with E-state index in [1.54, 1.807) is 16.1 Å². The minimum atomic E-state index is -0.616. The van der Waals surface area contributed by atoms with Gasteiger partial charge in [0, 0.05) is 6.54 Å². The first kappa shape index (κ1) is 19.2. The van der Waals surface area contributed by atoms with E-state index in [2.05, 4.69) is 0 Å². The van der Waals surface area contributed by atoms with Crippen LogP contribution in [-0.2, 0) is 16.1 Å². The topological polar surface area (TPSA) is 63.0 Å². The fourth-order valence-electron chi connectivity index (χ4n) is 4.26. The van der Waals surface area contributed by atoms with Gasteiger partial charge in [-0.1, -0.05) is 66.7 Å². The molecule has 2 aliphatic rings. The van der Waals surface area contributed by atoms with Crippen LogP contribution in [0.4, 0.5) is 4.79 Å². The van der Waals surface area contributed by atoms with Gasteiger partial charge in [0.15, 0.2) is 0 Å². The van der Waals surface area contributed by atoms with Gasteiger partial charge < -0.3 is 14.1 Å². The summed E-state index contributed by atoms with van der Waals surface area (Å²) in [6, 6.07) is 22.0. The van der Waals surface area contributed by atoms with Crippen molar-refractivity contribution in [3.05, 3.63) is 102 Å². The Morgan fingerprint density at radius 2 is 1.68 bits per heavy atom. The second-order valence-electron chi connectivity index (χ2n) is 7.67. The van der Waals surface area contributed by atoms with Gasteiger partial charge in [0.05, 0.1) is 18.3 Å². The summed E-state index contributed by atoms with van der Waals surface area (Å²) in [5, 5.41) is 0. The number of hydrogen-bond donors (Lipinski definition) is 0. The van der Waals surface area contributed by atoms with Gasteiger partial charge in [0.2, 0.25) is 5.91 Å². The van der Waals surface area contributed by atoms with Gasteiger partial charge in [0.1, 0.15) is 18.4 Å².